The van der Waals surface area contributed by atoms with Gasteiger partial charge in [0.25, 0.3) is 0 Å². The molecule has 1 aromatic carbocycles. The summed E-state index contributed by atoms with van der Waals surface area (Å²) >= 11 is 0. The lowest BCUT2D eigenvalue weighted by atomic mass is 9.95. The van der Waals surface area contributed by atoms with Crippen LogP contribution < -0.4 is 10.2 Å². The second kappa shape index (κ2) is 8.07. The maximum Gasteiger partial charge on any atom is 0.223 e. The Morgan fingerprint density at radius 3 is 2.70 bits per heavy atom. The van der Waals surface area contributed by atoms with Gasteiger partial charge in [0, 0.05) is 36.8 Å². The quantitative estimate of drug-likeness (QED) is 0.886. The predicted molar refractivity (Wildman–Crippen MR) is 107 cm³/mol. The third-order valence-corrected chi connectivity index (χ3v) is 5.74. The number of nitrogens with one attached hydrogen (secondary N) is 1. The monoisotopic (exact) mass is 364 g/mol. The van der Waals surface area contributed by atoms with E-state index in [1.807, 2.05) is 25.1 Å². The van der Waals surface area contributed by atoms with Crippen molar-refractivity contribution in [2.24, 2.45) is 5.92 Å². The Bertz CT molecular complexity index is 797. The maximum absolute atomic E-state index is 12.5. The molecule has 1 aromatic heterocycles. The molecule has 0 unspecified atom stereocenters. The van der Waals surface area contributed by atoms with Gasteiger partial charge < -0.3 is 10.2 Å². The van der Waals surface area contributed by atoms with Crippen molar-refractivity contribution in [3.05, 3.63) is 53.0 Å². The number of carbonyl (C=O) groups excluding carboxylic acids is 1. The fourth-order valence-electron chi connectivity index (χ4n) is 4.27. The number of aryl methyl sites for hydroxylation is 2. The van der Waals surface area contributed by atoms with Crippen LogP contribution in [-0.2, 0) is 24.1 Å². The molecule has 2 aliphatic rings. The zero-order chi connectivity index (χ0) is 18.6. The molecule has 0 spiro atoms. The number of benzene rings is 1. The highest BCUT2D eigenvalue weighted by molar-refractivity contribution is 5.79. The molecule has 2 heterocycles. The number of aromatic nitrogens is 2. The third-order valence-electron chi connectivity index (χ3n) is 5.74. The van der Waals surface area contributed by atoms with Crippen LogP contribution in [0.4, 0.5) is 5.82 Å². The lowest BCUT2D eigenvalue weighted by molar-refractivity contribution is -0.125. The van der Waals surface area contributed by atoms with Crippen LogP contribution in [0.3, 0.4) is 0 Å². The highest BCUT2D eigenvalue weighted by Crippen LogP contribution is 2.31. The van der Waals surface area contributed by atoms with Crippen molar-refractivity contribution in [1.29, 1.82) is 0 Å². The van der Waals surface area contributed by atoms with E-state index in [0.717, 1.165) is 56.8 Å². The summed E-state index contributed by atoms with van der Waals surface area (Å²) in [5.41, 5.74) is 3.84. The molecule has 0 saturated carbocycles. The Morgan fingerprint density at radius 2 is 1.93 bits per heavy atom. The lowest BCUT2D eigenvalue weighted by Gasteiger charge is -2.33. The average Bonchev–Trinajstić information content (AvgIpc) is 3.16. The molecule has 1 saturated heterocycles. The van der Waals surface area contributed by atoms with Crippen molar-refractivity contribution >= 4 is 11.7 Å². The number of piperidine rings is 1. The average molecular weight is 364 g/mol. The zero-order valence-electron chi connectivity index (χ0n) is 16.1. The molecule has 0 bridgehead atoms. The summed E-state index contributed by atoms with van der Waals surface area (Å²) in [6.07, 6.45) is 6.03. The Labute approximate surface area is 161 Å². The molecule has 2 aromatic rings. The number of anilines is 1. The van der Waals surface area contributed by atoms with E-state index in [2.05, 4.69) is 27.3 Å². The number of carbonyl (C=O) groups is 1. The molecule has 1 amide bonds. The van der Waals surface area contributed by atoms with Crippen molar-refractivity contribution in [2.45, 2.75) is 45.4 Å². The van der Waals surface area contributed by atoms with Gasteiger partial charge in [-0.25, -0.2) is 9.97 Å². The van der Waals surface area contributed by atoms with Crippen LogP contribution in [0.5, 0.6) is 0 Å². The molecule has 5 nitrogen and oxygen atoms in total. The molecule has 5 heteroatoms. The van der Waals surface area contributed by atoms with E-state index < -0.39 is 0 Å². The largest absolute Gasteiger partial charge is 0.356 e. The topological polar surface area (TPSA) is 58.1 Å². The number of hydrogen-bond acceptors (Lipinski definition) is 4. The summed E-state index contributed by atoms with van der Waals surface area (Å²) in [5.74, 6) is 2.31. The fourth-order valence-corrected chi connectivity index (χ4v) is 4.27. The normalized spacial score (nSPS) is 17.0. The number of rotatable bonds is 5. The first kappa shape index (κ1) is 18.0. The van der Waals surface area contributed by atoms with Crippen molar-refractivity contribution in [3.63, 3.8) is 0 Å². The Morgan fingerprint density at radius 1 is 1.15 bits per heavy atom. The van der Waals surface area contributed by atoms with E-state index in [4.69, 9.17) is 4.98 Å². The summed E-state index contributed by atoms with van der Waals surface area (Å²) < 4.78 is 0. The Balaban J connectivity index is 1.30. The smallest absolute Gasteiger partial charge is 0.223 e. The minimum atomic E-state index is 0.119. The predicted octanol–water partition coefficient (Wildman–Crippen LogP) is 2.85. The molecular weight excluding hydrogens is 336 g/mol. The van der Waals surface area contributed by atoms with Gasteiger partial charge in [0.2, 0.25) is 5.91 Å². The number of fused-ring (bicyclic) bond motifs is 1. The van der Waals surface area contributed by atoms with Gasteiger partial charge in [-0.1, -0.05) is 30.3 Å². The first-order chi connectivity index (χ1) is 13.2. The van der Waals surface area contributed by atoms with Crippen LogP contribution in [0.2, 0.25) is 0 Å². The van der Waals surface area contributed by atoms with Gasteiger partial charge in [0.15, 0.2) is 0 Å². The Hall–Kier alpha value is -2.43. The van der Waals surface area contributed by atoms with Gasteiger partial charge in [-0.05, 0) is 51.0 Å². The van der Waals surface area contributed by atoms with E-state index in [-0.39, 0.29) is 11.8 Å². The highest BCUT2D eigenvalue weighted by atomic mass is 16.1. The number of amides is 1. The van der Waals surface area contributed by atoms with Crippen LogP contribution in [-0.4, -0.2) is 35.5 Å². The fraction of sp³-hybridized carbons (Fsp3) is 0.500. The molecule has 27 heavy (non-hydrogen) atoms. The molecule has 142 valence electrons. The first-order valence-corrected chi connectivity index (χ1v) is 10.1. The van der Waals surface area contributed by atoms with E-state index in [0.29, 0.717) is 6.54 Å². The van der Waals surface area contributed by atoms with Gasteiger partial charge >= 0.3 is 0 Å². The van der Waals surface area contributed by atoms with Crippen molar-refractivity contribution in [1.82, 2.24) is 15.3 Å². The third kappa shape index (κ3) is 4.12. The maximum atomic E-state index is 12.5. The second-order valence-electron chi connectivity index (χ2n) is 7.66. The molecule has 1 N–H and O–H groups in total. The van der Waals surface area contributed by atoms with Crippen LogP contribution in [0.1, 0.15) is 41.9 Å². The van der Waals surface area contributed by atoms with E-state index in [1.54, 1.807) is 0 Å². The van der Waals surface area contributed by atoms with E-state index in [1.165, 1.54) is 23.2 Å². The molecule has 4 rings (SSSR count). The SMILES string of the molecule is Cc1nc2c(c(N3CCC(C(=O)NCCc4ccccc4)CC3)n1)CCC2. The number of nitrogens with zero attached hydrogens (tertiary/aromatic N) is 3. The van der Waals surface area contributed by atoms with Gasteiger partial charge in [-0.15, -0.1) is 0 Å². The standard InChI is InChI=1S/C22H28N4O/c1-16-24-20-9-5-8-19(20)21(25-16)26-14-11-18(12-15-26)22(27)23-13-10-17-6-3-2-4-7-17/h2-4,6-7,18H,5,8-15H2,1H3,(H,23,27). The van der Waals surface area contributed by atoms with Crippen LogP contribution in [0, 0.1) is 12.8 Å². The second-order valence-corrected chi connectivity index (χ2v) is 7.66. The minimum absolute atomic E-state index is 0.119. The molecule has 1 aliphatic carbocycles. The van der Waals surface area contributed by atoms with Gasteiger partial charge in [0.1, 0.15) is 11.6 Å². The zero-order valence-corrected chi connectivity index (χ0v) is 16.1. The summed E-state index contributed by atoms with van der Waals surface area (Å²) in [6.45, 7) is 4.50. The summed E-state index contributed by atoms with van der Waals surface area (Å²) in [7, 11) is 0. The van der Waals surface area contributed by atoms with Gasteiger partial charge in [-0.3, -0.25) is 4.79 Å². The van der Waals surface area contributed by atoms with Crippen LogP contribution in [0.15, 0.2) is 30.3 Å². The van der Waals surface area contributed by atoms with Crippen molar-refractivity contribution < 1.29 is 4.79 Å². The van der Waals surface area contributed by atoms with E-state index >= 15 is 0 Å². The van der Waals surface area contributed by atoms with Crippen LogP contribution >= 0.6 is 0 Å². The number of hydrogen-bond donors (Lipinski definition) is 1. The summed E-state index contributed by atoms with van der Waals surface area (Å²) in [5, 5.41) is 3.12. The van der Waals surface area contributed by atoms with Crippen molar-refractivity contribution in [3.8, 4) is 0 Å². The minimum Gasteiger partial charge on any atom is -0.356 e. The van der Waals surface area contributed by atoms with E-state index in [9.17, 15) is 4.79 Å². The van der Waals surface area contributed by atoms with Gasteiger partial charge in [0.05, 0.1) is 0 Å². The molecule has 1 fully saturated rings. The molecule has 0 radical (unpaired) electrons. The van der Waals surface area contributed by atoms with Crippen LogP contribution in [0.25, 0.3) is 0 Å². The lowest BCUT2D eigenvalue weighted by Crippen LogP contribution is -2.41. The summed E-state index contributed by atoms with van der Waals surface area (Å²) in [4.78, 5) is 24.2. The first-order valence-electron chi connectivity index (χ1n) is 10.1. The molecular formula is C22H28N4O. The molecule has 0 atom stereocenters. The highest BCUT2D eigenvalue weighted by Gasteiger charge is 2.28. The Kier molecular flexibility index (Phi) is 5.37. The van der Waals surface area contributed by atoms with Crippen molar-refractivity contribution in [2.75, 3.05) is 24.5 Å². The summed E-state index contributed by atoms with van der Waals surface area (Å²) in [6, 6.07) is 10.3. The molecule has 1 aliphatic heterocycles. The van der Waals surface area contributed by atoms with Gasteiger partial charge in [-0.2, -0.15) is 0 Å².